The highest BCUT2D eigenvalue weighted by Gasteiger charge is 2.11. The van der Waals surface area contributed by atoms with Crippen LogP contribution < -0.4 is 5.73 Å². The van der Waals surface area contributed by atoms with Crippen molar-refractivity contribution in [3.8, 4) is 0 Å². The van der Waals surface area contributed by atoms with Crippen LogP contribution in [0.4, 0.5) is 0 Å². The van der Waals surface area contributed by atoms with Crippen LogP contribution in [0, 0.1) is 0 Å². The Hall–Kier alpha value is -1.34. The van der Waals surface area contributed by atoms with Crippen molar-refractivity contribution in [1.29, 1.82) is 0 Å². The van der Waals surface area contributed by atoms with Crippen LogP contribution in [0.15, 0.2) is 44.9 Å². The Balaban J connectivity index is 3.05. The highest BCUT2D eigenvalue weighted by Crippen LogP contribution is 2.10. The molecule has 0 saturated heterocycles. The largest absolute Gasteiger partial charge is 0.373 e. The van der Waals surface area contributed by atoms with Gasteiger partial charge in [-0.1, -0.05) is 22.7 Å². The van der Waals surface area contributed by atoms with E-state index in [0.29, 0.717) is 0 Å². The molecule has 0 aliphatic rings. The molecule has 14 heavy (non-hydrogen) atoms. The van der Waals surface area contributed by atoms with E-state index in [1.165, 1.54) is 12.1 Å². The van der Waals surface area contributed by atoms with Crippen molar-refractivity contribution < 1.29 is 8.42 Å². The van der Waals surface area contributed by atoms with Gasteiger partial charge in [0.25, 0.3) is 10.0 Å². The van der Waals surface area contributed by atoms with Crippen molar-refractivity contribution in [1.82, 2.24) is 0 Å². The van der Waals surface area contributed by atoms with Gasteiger partial charge in [-0.15, -0.1) is 5.11 Å². The predicted molar refractivity (Wildman–Crippen MR) is 55.3 cm³/mol. The molecule has 0 unspecified atom stereocenters. The van der Waals surface area contributed by atoms with Crippen LogP contribution in [-0.2, 0) is 10.0 Å². The minimum atomic E-state index is -3.76. The van der Waals surface area contributed by atoms with Gasteiger partial charge in [0.15, 0.2) is 0 Å². The highest BCUT2D eigenvalue weighted by molar-refractivity contribution is 7.90. The van der Waals surface area contributed by atoms with Crippen LogP contribution in [0.3, 0.4) is 0 Å². The second-order valence-electron chi connectivity index (χ2n) is 2.31. The second kappa shape index (κ2) is 4.25. The molecule has 0 bridgehead atoms. The lowest BCUT2D eigenvalue weighted by Crippen LogP contribution is -2.04. The van der Waals surface area contributed by atoms with Crippen molar-refractivity contribution in [3.05, 3.63) is 30.3 Å². The molecule has 0 spiro atoms. The number of hydrogen-bond acceptors (Lipinski definition) is 3. The highest BCUT2D eigenvalue weighted by atomic mass is 32.2. The number of nitrogens with zero attached hydrogens (tertiary/aromatic N) is 2. The molecule has 0 aliphatic heterocycles. The lowest BCUT2D eigenvalue weighted by atomic mass is 10.4. The molecular formula is C7H7N3O2S2. The molecule has 0 radical (unpaired) electrons. The van der Waals surface area contributed by atoms with Gasteiger partial charge in [-0.2, -0.15) is 8.42 Å². The molecule has 5 nitrogen and oxygen atoms in total. The molecule has 7 heteroatoms. The van der Waals surface area contributed by atoms with Crippen molar-refractivity contribution in [2.75, 3.05) is 0 Å². The summed E-state index contributed by atoms with van der Waals surface area (Å²) in [7, 11) is -3.76. The molecule has 0 amide bonds. The van der Waals surface area contributed by atoms with E-state index in [1.54, 1.807) is 18.2 Å². The Morgan fingerprint density at radius 2 is 1.86 bits per heavy atom. The molecule has 1 aromatic carbocycles. The van der Waals surface area contributed by atoms with E-state index < -0.39 is 10.0 Å². The Kier molecular flexibility index (Phi) is 3.26. The van der Waals surface area contributed by atoms with Crippen LogP contribution in [0.2, 0.25) is 0 Å². The first-order valence-corrected chi connectivity index (χ1v) is 5.40. The maximum atomic E-state index is 11.4. The molecule has 0 fully saturated rings. The summed E-state index contributed by atoms with van der Waals surface area (Å²) in [5.74, 6) is 0. The lowest BCUT2D eigenvalue weighted by Gasteiger charge is -1.94. The fourth-order valence-corrected chi connectivity index (χ4v) is 1.62. The van der Waals surface area contributed by atoms with Gasteiger partial charge >= 0.3 is 0 Å². The van der Waals surface area contributed by atoms with Crippen molar-refractivity contribution >= 4 is 27.4 Å². The zero-order valence-corrected chi connectivity index (χ0v) is 8.62. The maximum absolute atomic E-state index is 11.4. The normalized spacial score (nSPS) is 11.7. The van der Waals surface area contributed by atoms with Crippen LogP contribution in [0.25, 0.3) is 0 Å². The summed E-state index contributed by atoms with van der Waals surface area (Å²) in [6.45, 7) is 0. The van der Waals surface area contributed by atoms with E-state index in [9.17, 15) is 8.42 Å². The number of thiocarbonyl (C=S) groups is 1. The molecule has 2 N–H and O–H groups in total. The van der Waals surface area contributed by atoms with E-state index in [0.717, 1.165) is 0 Å². The molecule has 0 aromatic heterocycles. The molecule has 0 saturated carbocycles. The van der Waals surface area contributed by atoms with E-state index in [4.69, 9.17) is 5.73 Å². The Labute approximate surface area is 86.7 Å². The standard InChI is InChI=1S/C7H7N3O2S2/c8-7(13)9-10-14(11,12)6-4-2-1-3-5-6/h1-5H,(H2,8,13). The number of nitrogens with two attached hydrogens (primary N) is 1. The average Bonchev–Trinajstić information content (AvgIpc) is 2.16. The summed E-state index contributed by atoms with van der Waals surface area (Å²) in [5.41, 5.74) is 4.98. The van der Waals surface area contributed by atoms with Gasteiger partial charge < -0.3 is 5.73 Å². The quantitative estimate of drug-likeness (QED) is 0.607. The van der Waals surface area contributed by atoms with Crippen molar-refractivity contribution in [2.24, 2.45) is 15.4 Å². The van der Waals surface area contributed by atoms with Crippen LogP contribution >= 0.6 is 12.2 Å². The van der Waals surface area contributed by atoms with Crippen LogP contribution in [0.1, 0.15) is 0 Å². The second-order valence-corrected chi connectivity index (χ2v) is 4.31. The van der Waals surface area contributed by atoms with E-state index in [-0.39, 0.29) is 10.0 Å². The van der Waals surface area contributed by atoms with Crippen LogP contribution in [-0.4, -0.2) is 13.5 Å². The lowest BCUT2D eigenvalue weighted by molar-refractivity contribution is 0.596. The minimum absolute atomic E-state index is 0.0556. The summed E-state index contributed by atoms with van der Waals surface area (Å²) in [4.78, 5) is 0.0556. The fraction of sp³-hybridized carbons (Fsp3) is 0. The monoisotopic (exact) mass is 229 g/mol. The van der Waals surface area contributed by atoms with Gasteiger partial charge in [0.05, 0.1) is 4.90 Å². The first-order valence-electron chi connectivity index (χ1n) is 3.55. The number of sulfonamides is 1. The molecular weight excluding hydrogens is 222 g/mol. The smallest absolute Gasteiger partial charge is 0.299 e. The predicted octanol–water partition coefficient (Wildman–Crippen LogP) is 1.07. The van der Waals surface area contributed by atoms with Gasteiger partial charge in [-0.05, 0) is 24.4 Å². The zero-order valence-electron chi connectivity index (χ0n) is 6.99. The third-order valence-corrected chi connectivity index (χ3v) is 2.53. The summed E-state index contributed by atoms with van der Waals surface area (Å²) < 4.78 is 25.8. The Bertz CT molecular complexity index is 453. The van der Waals surface area contributed by atoms with Gasteiger partial charge in [-0.3, -0.25) is 0 Å². The molecule has 0 atom stereocenters. The van der Waals surface area contributed by atoms with Gasteiger partial charge in [0, 0.05) is 0 Å². The summed E-state index contributed by atoms with van der Waals surface area (Å²) in [6, 6.07) is 7.69. The van der Waals surface area contributed by atoms with Crippen molar-refractivity contribution in [2.45, 2.75) is 4.90 Å². The number of rotatable bonds is 2. The minimum Gasteiger partial charge on any atom is -0.373 e. The van der Waals surface area contributed by atoms with Crippen LogP contribution in [0.5, 0.6) is 0 Å². The first-order chi connectivity index (χ1) is 6.52. The third kappa shape index (κ3) is 2.86. The summed E-state index contributed by atoms with van der Waals surface area (Å²) >= 11 is 4.37. The average molecular weight is 229 g/mol. The van der Waals surface area contributed by atoms with E-state index >= 15 is 0 Å². The van der Waals surface area contributed by atoms with E-state index in [1.807, 2.05) is 0 Å². The summed E-state index contributed by atoms with van der Waals surface area (Å²) in [5, 5.41) is 2.80. The zero-order chi connectivity index (χ0) is 10.6. The third-order valence-electron chi connectivity index (χ3n) is 1.29. The van der Waals surface area contributed by atoms with Gasteiger partial charge in [0.1, 0.15) is 0 Å². The molecule has 74 valence electrons. The molecule has 1 rings (SSSR count). The summed E-state index contributed by atoms with van der Waals surface area (Å²) in [6.07, 6.45) is 0. The SMILES string of the molecule is NC(=S)N=NS(=O)(=O)c1ccccc1. The van der Waals surface area contributed by atoms with Crippen molar-refractivity contribution in [3.63, 3.8) is 0 Å². The number of hydrogen-bond donors (Lipinski definition) is 1. The topological polar surface area (TPSA) is 84.9 Å². The Morgan fingerprint density at radius 3 is 2.36 bits per heavy atom. The van der Waals surface area contributed by atoms with E-state index in [2.05, 4.69) is 21.9 Å². The Morgan fingerprint density at radius 1 is 1.29 bits per heavy atom. The van der Waals surface area contributed by atoms with Gasteiger partial charge in [0.2, 0.25) is 5.11 Å². The molecule has 1 aromatic rings. The van der Waals surface area contributed by atoms with Gasteiger partial charge in [-0.25, -0.2) is 0 Å². The first kappa shape index (κ1) is 10.7. The molecule has 0 aliphatic carbocycles. The fourth-order valence-electron chi connectivity index (χ4n) is 0.734. The molecule has 0 heterocycles. The number of benzene rings is 1. The maximum Gasteiger partial charge on any atom is 0.299 e.